The van der Waals surface area contributed by atoms with Crippen LogP contribution in [0.3, 0.4) is 0 Å². The number of nitrogens with zero attached hydrogens (tertiary/aromatic N) is 2. The third-order valence-corrected chi connectivity index (χ3v) is 6.48. The van der Waals surface area contributed by atoms with E-state index in [-0.39, 0.29) is 30.7 Å². The SMILES string of the molecule is O=C(CC(CO)N1CC2CN(c3ccc(OC(F)(F)F)cc3)CC2C1)Nc1ccc(Cl)cc1. The molecule has 0 radical (unpaired) electrons. The van der Waals surface area contributed by atoms with Crippen molar-refractivity contribution in [2.45, 2.75) is 18.8 Å². The number of hydrogen-bond donors (Lipinski definition) is 2. The van der Waals surface area contributed by atoms with Gasteiger partial charge in [-0.2, -0.15) is 0 Å². The Bertz CT molecular complexity index is 942. The summed E-state index contributed by atoms with van der Waals surface area (Å²) in [6.45, 7) is 2.95. The number of carbonyl (C=O) groups excluding carboxylic acids is 1. The largest absolute Gasteiger partial charge is 0.573 e. The minimum absolute atomic E-state index is 0.113. The maximum absolute atomic E-state index is 12.5. The van der Waals surface area contributed by atoms with Crippen molar-refractivity contribution >= 4 is 28.9 Å². The fraction of sp³-hybridized carbons (Fsp3) is 0.435. The molecule has 0 spiro atoms. The zero-order valence-electron chi connectivity index (χ0n) is 17.8. The van der Waals surface area contributed by atoms with Gasteiger partial charge in [0.05, 0.1) is 6.61 Å². The molecule has 2 aromatic rings. The number of halogens is 4. The Labute approximate surface area is 194 Å². The maximum atomic E-state index is 12.5. The first-order valence-corrected chi connectivity index (χ1v) is 11.1. The van der Waals surface area contributed by atoms with Gasteiger partial charge >= 0.3 is 6.36 Å². The van der Waals surface area contributed by atoms with Crippen molar-refractivity contribution in [1.29, 1.82) is 0 Å². The van der Waals surface area contributed by atoms with E-state index < -0.39 is 6.36 Å². The minimum atomic E-state index is -4.70. The number of benzene rings is 2. The predicted molar refractivity (Wildman–Crippen MR) is 119 cm³/mol. The van der Waals surface area contributed by atoms with Gasteiger partial charge in [0.1, 0.15) is 5.75 Å². The molecule has 33 heavy (non-hydrogen) atoms. The van der Waals surface area contributed by atoms with Crippen LogP contribution in [0.4, 0.5) is 24.5 Å². The number of aliphatic hydroxyl groups is 1. The van der Waals surface area contributed by atoms with Crippen molar-refractivity contribution in [3.05, 3.63) is 53.6 Å². The van der Waals surface area contributed by atoms with E-state index in [9.17, 15) is 23.1 Å². The standard InChI is InChI=1S/C23H25ClF3N3O3/c24-17-1-3-18(4-2-17)28-22(32)9-20(14-31)30-12-15-10-29(11-16(15)13-30)19-5-7-21(8-6-19)33-23(25,26)27/h1-8,15-16,20,31H,9-14H2,(H,28,32). The quantitative estimate of drug-likeness (QED) is 0.623. The van der Waals surface area contributed by atoms with Gasteiger partial charge in [0.15, 0.2) is 0 Å². The van der Waals surface area contributed by atoms with Crippen LogP contribution in [0.15, 0.2) is 48.5 Å². The number of alkyl halides is 3. The summed E-state index contributed by atoms with van der Waals surface area (Å²) >= 11 is 5.86. The Kier molecular flexibility index (Phi) is 7.02. The van der Waals surface area contributed by atoms with Gasteiger partial charge in [-0.25, -0.2) is 0 Å². The van der Waals surface area contributed by atoms with E-state index in [1.807, 2.05) is 0 Å². The number of fused-ring (bicyclic) bond motifs is 1. The topological polar surface area (TPSA) is 65.0 Å². The second-order valence-corrected chi connectivity index (χ2v) is 8.95. The summed E-state index contributed by atoms with van der Waals surface area (Å²) in [5.41, 5.74) is 1.51. The molecule has 0 saturated carbocycles. The lowest BCUT2D eigenvalue weighted by atomic mass is 10.0. The van der Waals surface area contributed by atoms with Gasteiger partial charge in [0, 0.05) is 55.0 Å². The smallest absolute Gasteiger partial charge is 0.406 e. The van der Waals surface area contributed by atoms with Crippen LogP contribution in [0.1, 0.15) is 6.42 Å². The molecule has 178 valence electrons. The Morgan fingerprint density at radius 2 is 1.67 bits per heavy atom. The highest BCUT2D eigenvalue weighted by molar-refractivity contribution is 6.30. The lowest BCUT2D eigenvalue weighted by Gasteiger charge is -2.28. The fourth-order valence-electron chi connectivity index (χ4n) is 4.67. The summed E-state index contributed by atoms with van der Waals surface area (Å²) in [5, 5.41) is 13.3. The summed E-state index contributed by atoms with van der Waals surface area (Å²) in [5.74, 6) is 0.324. The third-order valence-electron chi connectivity index (χ3n) is 6.23. The Morgan fingerprint density at radius 3 is 2.21 bits per heavy atom. The average molecular weight is 484 g/mol. The number of hydrogen-bond acceptors (Lipinski definition) is 5. The highest BCUT2D eigenvalue weighted by Gasteiger charge is 2.42. The molecule has 2 fully saturated rings. The van der Waals surface area contributed by atoms with Gasteiger partial charge in [-0.3, -0.25) is 9.69 Å². The Morgan fingerprint density at radius 1 is 1.06 bits per heavy atom. The molecular formula is C23H25ClF3N3O3. The molecule has 4 rings (SSSR count). The van der Waals surface area contributed by atoms with Gasteiger partial charge in [0.25, 0.3) is 0 Å². The van der Waals surface area contributed by atoms with Gasteiger partial charge in [-0.1, -0.05) is 11.6 Å². The van der Waals surface area contributed by atoms with Crippen molar-refractivity contribution in [2.75, 3.05) is 43.0 Å². The number of anilines is 2. The lowest BCUT2D eigenvalue weighted by Crippen LogP contribution is -2.41. The Hall–Kier alpha value is -2.49. The molecule has 0 aromatic heterocycles. The second kappa shape index (κ2) is 9.79. The third kappa shape index (κ3) is 6.10. The summed E-state index contributed by atoms with van der Waals surface area (Å²) in [6.07, 6.45) is -4.52. The van der Waals surface area contributed by atoms with Crippen LogP contribution < -0.4 is 15.0 Å². The molecule has 3 unspecified atom stereocenters. The summed E-state index contributed by atoms with van der Waals surface area (Å²) < 4.78 is 41.0. The summed E-state index contributed by atoms with van der Waals surface area (Å²) in [4.78, 5) is 16.8. The van der Waals surface area contributed by atoms with E-state index in [0.29, 0.717) is 22.5 Å². The van der Waals surface area contributed by atoms with E-state index in [1.165, 1.54) is 12.1 Å². The fourth-order valence-corrected chi connectivity index (χ4v) is 4.79. The van der Waals surface area contributed by atoms with E-state index >= 15 is 0 Å². The normalized spacial score (nSPS) is 21.7. The van der Waals surface area contributed by atoms with Crippen LogP contribution in [0.2, 0.25) is 5.02 Å². The Balaban J connectivity index is 1.29. The van der Waals surface area contributed by atoms with Crippen LogP contribution in [0, 0.1) is 11.8 Å². The van der Waals surface area contributed by atoms with Crippen LogP contribution >= 0.6 is 11.6 Å². The maximum Gasteiger partial charge on any atom is 0.573 e. The van der Waals surface area contributed by atoms with E-state index in [2.05, 4.69) is 19.9 Å². The molecule has 1 amide bonds. The summed E-state index contributed by atoms with van der Waals surface area (Å²) in [7, 11) is 0. The van der Waals surface area contributed by atoms with E-state index in [1.54, 1.807) is 36.4 Å². The molecule has 3 atom stereocenters. The van der Waals surface area contributed by atoms with Crippen molar-refractivity contribution in [3.8, 4) is 5.75 Å². The summed E-state index contributed by atoms with van der Waals surface area (Å²) in [6, 6.07) is 12.5. The van der Waals surface area contributed by atoms with Crippen molar-refractivity contribution < 1.29 is 27.8 Å². The zero-order chi connectivity index (χ0) is 23.6. The van der Waals surface area contributed by atoms with Gasteiger partial charge in [-0.05, 0) is 60.4 Å². The first-order chi connectivity index (χ1) is 15.7. The first kappa shape index (κ1) is 23.7. The van der Waals surface area contributed by atoms with Crippen LogP contribution in [-0.4, -0.2) is 61.1 Å². The molecule has 2 aliphatic rings. The second-order valence-electron chi connectivity index (χ2n) is 8.52. The van der Waals surface area contributed by atoms with E-state index in [0.717, 1.165) is 31.9 Å². The number of likely N-dealkylation sites (tertiary alicyclic amines) is 1. The monoisotopic (exact) mass is 483 g/mol. The molecule has 2 N–H and O–H groups in total. The number of aliphatic hydroxyl groups excluding tert-OH is 1. The molecule has 10 heteroatoms. The molecule has 2 saturated heterocycles. The van der Waals surface area contributed by atoms with Crippen molar-refractivity contribution in [2.24, 2.45) is 11.8 Å². The van der Waals surface area contributed by atoms with Crippen LogP contribution in [0.25, 0.3) is 0 Å². The van der Waals surface area contributed by atoms with Gasteiger partial charge in [-0.15, -0.1) is 13.2 Å². The average Bonchev–Trinajstić information content (AvgIpc) is 3.32. The first-order valence-electron chi connectivity index (χ1n) is 10.7. The zero-order valence-corrected chi connectivity index (χ0v) is 18.5. The lowest BCUT2D eigenvalue weighted by molar-refractivity contribution is -0.274. The highest BCUT2D eigenvalue weighted by atomic mass is 35.5. The van der Waals surface area contributed by atoms with Crippen molar-refractivity contribution in [1.82, 2.24) is 4.90 Å². The van der Waals surface area contributed by atoms with Crippen molar-refractivity contribution in [3.63, 3.8) is 0 Å². The number of rotatable bonds is 7. The van der Waals surface area contributed by atoms with E-state index in [4.69, 9.17) is 11.6 Å². The molecular weight excluding hydrogens is 459 g/mol. The predicted octanol–water partition coefficient (Wildman–Crippen LogP) is 4.00. The molecule has 2 aromatic carbocycles. The molecule has 2 aliphatic heterocycles. The molecule has 0 bridgehead atoms. The molecule has 6 nitrogen and oxygen atoms in total. The molecule has 2 heterocycles. The minimum Gasteiger partial charge on any atom is -0.406 e. The van der Waals surface area contributed by atoms with Crippen LogP contribution in [-0.2, 0) is 4.79 Å². The van der Waals surface area contributed by atoms with Gasteiger partial charge < -0.3 is 20.1 Å². The number of nitrogens with one attached hydrogen (secondary N) is 1. The highest BCUT2D eigenvalue weighted by Crippen LogP contribution is 2.36. The number of carbonyl (C=O) groups is 1. The number of ether oxygens (including phenoxy) is 1. The van der Waals surface area contributed by atoms with Crippen LogP contribution in [0.5, 0.6) is 5.75 Å². The van der Waals surface area contributed by atoms with Gasteiger partial charge in [0.2, 0.25) is 5.91 Å². The molecule has 0 aliphatic carbocycles. The number of amides is 1.